The van der Waals surface area contributed by atoms with E-state index in [1.807, 2.05) is 48.5 Å². The van der Waals surface area contributed by atoms with Gasteiger partial charge < -0.3 is 9.47 Å². The summed E-state index contributed by atoms with van der Waals surface area (Å²) in [5.74, 6) is 0.437. The third kappa shape index (κ3) is 6.77. The van der Waals surface area contributed by atoms with Gasteiger partial charge in [0.1, 0.15) is 24.7 Å². The summed E-state index contributed by atoms with van der Waals surface area (Å²) in [5.41, 5.74) is 4.38. The fourth-order valence-electron chi connectivity index (χ4n) is 3.59. The third-order valence-electron chi connectivity index (χ3n) is 5.51. The fraction of sp³-hybridized carbons (Fsp3) is 0.103. The molecule has 4 aromatic carbocycles. The Balaban J connectivity index is 1.49. The summed E-state index contributed by atoms with van der Waals surface area (Å²) in [6.07, 6.45) is 1.46. The van der Waals surface area contributed by atoms with Gasteiger partial charge in [-0.05, 0) is 42.0 Å². The number of carbonyl (C=O) groups is 1. The van der Waals surface area contributed by atoms with Crippen molar-refractivity contribution >= 4 is 27.8 Å². The number of ether oxygens (including phenoxy) is 2. The van der Waals surface area contributed by atoms with E-state index in [2.05, 4.69) is 10.5 Å². The molecule has 38 heavy (non-hydrogen) atoms. The Kier molecular flexibility index (Phi) is 8.73. The summed E-state index contributed by atoms with van der Waals surface area (Å²) in [4.78, 5) is 12.9. The van der Waals surface area contributed by atoms with Crippen LogP contribution in [0.4, 0.5) is 5.69 Å². The lowest BCUT2D eigenvalue weighted by Crippen LogP contribution is -2.39. The largest absolute Gasteiger partial charge is 0.497 e. The molecule has 1 amide bonds. The number of para-hydroxylation sites is 1. The number of anilines is 1. The number of hydrazone groups is 1. The van der Waals surface area contributed by atoms with E-state index in [9.17, 15) is 13.2 Å². The molecule has 0 saturated carbocycles. The van der Waals surface area contributed by atoms with Gasteiger partial charge in [-0.25, -0.2) is 13.8 Å². The number of benzene rings is 4. The van der Waals surface area contributed by atoms with E-state index in [-0.39, 0.29) is 10.6 Å². The molecule has 9 heteroatoms. The highest BCUT2D eigenvalue weighted by Crippen LogP contribution is 2.26. The number of hydrogen-bond acceptors (Lipinski definition) is 6. The molecule has 1 N–H and O–H groups in total. The molecule has 0 saturated heterocycles. The zero-order valence-corrected chi connectivity index (χ0v) is 21.5. The van der Waals surface area contributed by atoms with Crippen molar-refractivity contribution in [2.75, 3.05) is 18.0 Å². The lowest BCUT2D eigenvalue weighted by Gasteiger charge is -2.24. The second kappa shape index (κ2) is 12.6. The number of nitrogens with one attached hydrogen (secondary N) is 1. The van der Waals surface area contributed by atoms with E-state index in [1.54, 1.807) is 48.5 Å². The maximum absolute atomic E-state index is 13.4. The van der Waals surface area contributed by atoms with Crippen LogP contribution < -0.4 is 19.2 Å². The molecule has 0 aliphatic heterocycles. The van der Waals surface area contributed by atoms with Gasteiger partial charge in [-0.2, -0.15) is 5.10 Å². The van der Waals surface area contributed by atoms with Crippen molar-refractivity contribution in [3.8, 4) is 11.5 Å². The van der Waals surface area contributed by atoms with Crippen LogP contribution in [0.5, 0.6) is 11.5 Å². The Hall–Kier alpha value is -4.63. The van der Waals surface area contributed by atoms with E-state index in [1.165, 1.54) is 25.5 Å². The first-order chi connectivity index (χ1) is 18.5. The molecule has 0 bridgehead atoms. The van der Waals surface area contributed by atoms with Crippen LogP contribution >= 0.6 is 0 Å². The average molecular weight is 530 g/mol. The zero-order chi connectivity index (χ0) is 26.8. The Morgan fingerprint density at radius 3 is 2.32 bits per heavy atom. The quantitative estimate of drug-likeness (QED) is 0.226. The molecule has 194 valence electrons. The van der Waals surface area contributed by atoms with Crippen molar-refractivity contribution in [2.24, 2.45) is 5.10 Å². The summed E-state index contributed by atoms with van der Waals surface area (Å²) >= 11 is 0. The molecule has 0 spiro atoms. The monoisotopic (exact) mass is 529 g/mol. The summed E-state index contributed by atoms with van der Waals surface area (Å²) in [7, 11) is -2.56. The molecule has 0 unspecified atom stereocenters. The number of sulfonamides is 1. The predicted octanol–water partition coefficient (Wildman–Crippen LogP) is 4.62. The topological polar surface area (TPSA) is 97.3 Å². The van der Waals surface area contributed by atoms with Crippen molar-refractivity contribution in [3.05, 3.63) is 120 Å². The predicted molar refractivity (Wildman–Crippen MR) is 147 cm³/mol. The SMILES string of the molecule is COc1cccc(N(CC(=O)N/N=C\c2ccccc2OCc2ccccc2)S(=O)(=O)c2ccccc2)c1. The Morgan fingerprint density at radius 1 is 0.895 bits per heavy atom. The molecule has 0 atom stereocenters. The lowest BCUT2D eigenvalue weighted by atomic mass is 10.2. The van der Waals surface area contributed by atoms with Crippen LogP contribution in [-0.2, 0) is 21.4 Å². The average Bonchev–Trinajstić information content (AvgIpc) is 2.96. The minimum absolute atomic E-state index is 0.0589. The number of carbonyl (C=O) groups excluding carboxylic acids is 1. The highest BCUT2D eigenvalue weighted by Gasteiger charge is 2.27. The standard InChI is InChI=1S/C29H27N3O5S/c1-36-26-15-10-14-25(19-26)32(38(34,35)27-16-6-3-7-17-27)21-29(33)31-30-20-24-13-8-9-18-28(24)37-22-23-11-4-2-5-12-23/h2-20H,21-22H2,1H3,(H,31,33)/b30-20-. The molecule has 0 aliphatic rings. The lowest BCUT2D eigenvalue weighted by molar-refractivity contribution is -0.119. The number of methoxy groups -OCH3 is 1. The van der Waals surface area contributed by atoms with Gasteiger partial charge in [0, 0.05) is 11.6 Å². The summed E-state index contributed by atoms with van der Waals surface area (Å²) < 4.78 is 39.1. The Bertz CT molecular complexity index is 1490. The molecule has 0 fully saturated rings. The minimum Gasteiger partial charge on any atom is -0.497 e. The van der Waals surface area contributed by atoms with Gasteiger partial charge in [-0.15, -0.1) is 0 Å². The normalized spacial score (nSPS) is 11.2. The molecule has 0 heterocycles. The highest BCUT2D eigenvalue weighted by atomic mass is 32.2. The number of rotatable bonds is 11. The molecular weight excluding hydrogens is 502 g/mol. The third-order valence-corrected chi connectivity index (χ3v) is 7.30. The number of amides is 1. The van der Waals surface area contributed by atoms with Crippen molar-refractivity contribution in [3.63, 3.8) is 0 Å². The first-order valence-electron chi connectivity index (χ1n) is 11.8. The maximum atomic E-state index is 13.4. The van der Waals surface area contributed by atoms with E-state index in [0.717, 1.165) is 9.87 Å². The van der Waals surface area contributed by atoms with Gasteiger partial charge in [0.05, 0.1) is 23.9 Å². The molecular formula is C29H27N3O5S. The van der Waals surface area contributed by atoms with Gasteiger partial charge in [-0.1, -0.05) is 66.7 Å². The summed E-state index contributed by atoms with van der Waals surface area (Å²) in [5, 5.41) is 4.04. The van der Waals surface area contributed by atoms with Gasteiger partial charge in [-0.3, -0.25) is 9.10 Å². The smallest absolute Gasteiger partial charge is 0.264 e. The number of nitrogens with zero attached hydrogens (tertiary/aromatic N) is 2. The van der Waals surface area contributed by atoms with Crippen molar-refractivity contribution in [1.82, 2.24) is 5.43 Å². The van der Waals surface area contributed by atoms with E-state index < -0.39 is 22.5 Å². The second-order valence-electron chi connectivity index (χ2n) is 8.13. The molecule has 0 radical (unpaired) electrons. The second-order valence-corrected chi connectivity index (χ2v) is 9.99. The molecule has 0 aliphatic carbocycles. The van der Waals surface area contributed by atoms with Crippen LogP contribution in [0.25, 0.3) is 0 Å². The van der Waals surface area contributed by atoms with E-state index >= 15 is 0 Å². The van der Waals surface area contributed by atoms with E-state index in [4.69, 9.17) is 9.47 Å². The van der Waals surface area contributed by atoms with E-state index in [0.29, 0.717) is 23.7 Å². The Labute approximate surface area is 222 Å². The molecule has 4 rings (SSSR count). The highest BCUT2D eigenvalue weighted by molar-refractivity contribution is 7.92. The first-order valence-corrected chi connectivity index (χ1v) is 13.2. The van der Waals surface area contributed by atoms with Gasteiger partial charge in [0.15, 0.2) is 0 Å². The first kappa shape index (κ1) is 26.4. The summed E-state index contributed by atoms with van der Waals surface area (Å²) in [6.45, 7) is -0.112. The van der Waals surface area contributed by atoms with Gasteiger partial charge in [0.2, 0.25) is 0 Å². The van der Waals surface area contributed by atoms with Crippen LogP contribution in [-0.4, -0.2) is 34.2 Å². The molecule has 0 aromatic heterocycles. The van der Waals surface area contributed by atoms with Gasteiger partial charge >= 0.3 is 0 Å². The maximum Gasteiger partial charge on any atom is 0.264 e. The van der Waals surface area contributed by atoms with Crippen LogP contribution in [0.15, 0.2) is 119 Å². The van der Waals surface area contributed by atoms with Crippen LogP contribution in [0, 0.1) is 0 Å². The minimum atomic E-state index is -4.05. The molecule has 8 nitrogen and oxygen atoms in total. The van der Waals surface area contributed by atoms with Crippen molar-refractivity contribution in [2.45, 2.75) is 11.5 Å². The summed E-state index contributed by atoms with van der Waals surface area (Å²) in [6, 6.07) is 31.5. The van der Waals surface area contributed by atoms with Crippen molar-refractivity contribution < 1.29 is 22.7 Å². The van der Waals surface area contributed by atoms with Crippen LogP contribution in [0.3, 0.4) is 0 Å². The Morgan fingerprint density at radius 2 is 1.58 bits per heavy atom. The van der Waals surface area contributed by atoms with Gasteiger partial charge in [0.25, 0.3) is 15.9 Å². The fourth-order valence-corrected chi connectivity index (χ4v) is 5.03. The zero-order valence-electron chi connectivity index (χ0n) is 20.7. The van der Waals surface area contributed by atoms with Crippen LogP contribution in [0.1, 0.15) is 11.1 Å². The number of hydrogen-bond donors (Lipinski definition) is 1. The van der Waals surface area contributed by atoms with Crippen LogP contribution in [0.2, 0.25) is 0 Å². The van der Waals surface area contributed by atoms with Crippen molar-refractivity contribution in [1.29, 1.82) is 0 Å². The molecule has 4 aromatic rings.